The third-order valence-corrected chi connectivity index (χ3v) is 3.70. The number of anilines is 1. The first-order valence-electron chi connectivity index (χ1n) is 5.95. The Bertz CT molecular complexity index is 731. The maximum absolute atomic E-state index is 12.1. The quantitative estimate of drug-likeness (QED) is 0.767. The van der Waals surface area contributed by atoms with Gasteiger partial charge < -0.3 is 5.32 Å². The standard InChI is InChI=1S/C15H12N2OS/c1-10-2-4-11(5-3-10)15(18)17-13-6-7-14-12(8-13)9-16-19-14/h2-9H,1H3,(H,17,18). The average Bonchev–Trinajstić information content (AvgIpc) is 2.87. The fourth-order valence-electron chi connectivity index (χ4n) is 1.86. The Morgan fingerprint density at radius 2 is 1.95 bits per heavy atom. The third kappa shape index (κ3) is 2.48. The van der Waals surface area contributed by atoms with Crippen LogP contribution in [0.15, 0.2) is 48.7 Å². The van der Waals surface area contributed by atoms with Crippen molar-refractivity contribution in [3.8, 4) is 0 Å². The van der Waals surface area contributed by atoms with Gasteiger partial charge in [-0.1, -0.05) is 17.7 Å². The zero-order valence-corrected chi connectivity index (χ0v) is 11.2. The van der Waals surface area contributed by atoms with E-state index in [1.807, 2.05) is 55.6 Å². The molecule has 0 aliphatic carbocycles. The third-order valence-electron chi connectivity index (χ3n) is 2.92. The molecule has 0 atom stereocenters. The number of aromatic nitrogens is 1. The molecule has 0 radical (unpaired) electrons. The van der Waals surface area contributed by atoms with Crippen molar-refractivity contribution in [1.82, 2.24) is 4.37 Å². The van der Waals surface area contributed by atoms with Crippen LogP contribution in [0.3, 0.4) is 0 Å². The number of carbonyl (C=O) groups is 1. The molecule has 3 rings (SSSR count). The number of nitrogens with zero attached hydrogens (tertiary/aromatic N) is 1. The largest absolute Gasteiger partial charge is 0.322 e. The topological polar surface area (TPSA) is 42.0 Å². The van der Waals surface area contributed by atoms with E-state index >= 15 is 0 Å². The number of aryl methyl sites for hydroxylation is 1. The molecule has 1 amide bonds. The molecular formula is C15H12N2OS. The molecule has 0 fully saturated rings. The Morgan fingerprint density at radius 3 is 2.74 bits per heavy atom. The predicted octanol–water partition coefficient (Wildman–Crippen LogP) is 3.86. The Kier molecular flexibility index (Phi) is 3.01. The van der Waals surface area contributed by atoms with Gasteiger partial charge in [0.25, 0.3) is 5.91 Å². The molecule has 94 valence electrons. The van der Waals surface area contributed by atoms with Gasteiger partial charge in [-0.25, -0.2) is 0 Å². The lowest BCUT2D eigenvalue weighted by atomic mass is 10.1. The van der Waals surface area contributed by atoms with Gasteiger partial charge >= 0.3 is 0 Å². The van der Waals surface area contributed by atoms with E-state index in [4.69, 9.17) is 0 Å². The molecule has 3 nitrogen and oxygen atoms in total. The SMILES string of the molecule is Cc1ccc(C(=O)Nc2ccc3sncc3c2)cc1. The van der Waals surface area contributed by atoms with E-state index in [0.717, 1.165) is 21.3 Å². The van der Waals surface area contributed by atoms with Crippen LogP contribution in [-0.2, 0) is 0 Å². The number of hydrogen-bond donors (Lipinski definition) is 1. The molecule has 0 saturated heterocycles. The van der Waals surface area contributed by atoms with Gasteiger partial charge in [0.15, 0.2) is 0 Å². The number of carbonyl (C=O) groups excluding carboxylic acids is 1. The van der Waals surface area contributed by atoms with Crippen LogP contribution < -0.4 is 5.32 Å². The summed E-state index contributed by atoms with van der Waals surface area (Å²) in [4.78, 5) is 12.1. The van der Waals surface area contributed by atoms with Crippen molar-refractivity contribution < 1.29 is 4.79 Å². The Labute approximate surface area is 115 Å². The summed E-state index contributed by atoms with van der Waals surface area (Å²) in [7, 11) is 0. The van der Waals surface area contributed by atoms with E-state index in [1.165, 1.54) is 11.5 Å². The van der Waals surface area contributed by atoms with E-state index in [0.29, 0.717) is 5.56 Å². The molecular weight excluding hydrogens is 256 g/mol. The number of nitrogens with one attached hydrogen (secondary N) is 1. The molecule has 0 bridgehead atoms. The van der Waals surface area contributed by atoms with Gasteiger partial charge in [0.1, 0.15) is 0 Å². The minimum Gasteiger partial charge on any atom is -0.322 e. The predicted molar refractivity (Wildman–Crippen MR) is 78.8 cm³/mol. The number of benzene rings is 2. The second-order valence-electron chi connectivity index (χ2n) is 4.40. The molecule has 4 heteroatoms. The van der Waals surface area contributed by atoms with Gasteiger partial charge in [0.05, 0.1) is 4.70 Å². The van der Waals surface area contributed by atoms with Crippen molar-refractivity contribution in [3.05, 3.63) is 59.8 Å². The Hall–Kier alpha value is -2.20. The number of amides is 1. The second-order valence-corrected chi connectivity index (χ2v) is 5.23. The summed E-state index contributed by atoms with van der Waals surface area (Å²) in [5.41, 5.74) is 2.59. The molecule has 1 heterocycles. The highest BCUT2D eigenvalue weighted by Crippen LogP contribution is 2.22. The van der Waals surface area contributed by atoms with Crippen molar-refractivity contribution in [3.63, 3.8) is 0 Å². The molecule has 0 aliphatic rings. The highest BCUT2D eigenvalue weighted by atomic mass is 32.1. The fraction of sp³-hybridized carbons (Fsp3) is 0.0667. The van der Waals surface area contributed by atoms with E-state index in [9.17, 15) is 4.79 Å². The van der Waals surface area contributed by atoms with E-state index < -0.39 is 0 Å². The summed E-state index contributed by atoms with van der Waals surface area (Å²) in [5.74, 6) is -0.0949. The minimum absolute atomic E-state index is 0.0949. The van der Waals surface area contributed by atoms with Crippen molar-refractivity contribution in [2.75, 3.05) is 5.32 Å². The van der Waals surface area contributed by atoms with E-state index in [1.54, 1.807) is 0 Å². The van der Waals surface area contributed by atoms with Gasteiger partial charge in [0.2, 0.25) is 0 Å². The van der Waals surface area contributed by atoms with Crippen LogP contribution in [0.25, 0.3) is 10.1 Å². The summed E-state index contributed by atoms with van der Waals surface area (Å²) in [6.45, 7) is 2.00. The van der Waals surface area contributed by atoms with Crippen molar-refractivity contribution in [1.29, 1.82) is 0 Å². The summed E-state index contributed by atoms with van der Waals surface area (Å²) in [5, 5.41) is 3.95. The smallest absolute Gasteiger partial charge is 0.255 e. The van der Waals surface area contributed by atoms with Gasteiger partial charge in [-0.15, -0.1) is 0 Å². The number of fused-ring (bicyclic) bond motifs is 1. The first-order valence-corrected chi connectivity index (χ1v) is 6.72. The molecule has 0 saturated carbocycles. The lowest BCUT2D eigenvalue weighted by Crippen LogP contribution is -2.11. The van der Waals surface area contributed by atoms with Crippen LogP contribution in [0.4, 0.5) is 5.69 Å². The molecule has 1 aromatic heterocycles. The van der Waals surface area contributed by atoms with Crippen molar-refractivity contribution in [2.24, 2.45) is 0 Å². The summed E-state index contributed by atoms with van der Waals surface area (Å²) in [6.07, 6.45) is 1.81. The molecule has 0 unspecified atom stereocenters. The van der Waals surface area contributed by atoms with Gasteiger partial charge in [-0.05, 0) is 48.8 Å². The van der Waals surface area contributed by atoms with Crippen LogP contribution in [-0.4, -0.2) is 10.3 Å². The first-order chi connectivity index (χ1) is 9.22. The maximum Gasteiger partial charge on any atom is 0.255 e. The highest BCUT2D eigenvalue weighted by molar-refractivity contribution is 7.13. The van der Waals surface area contributed by atoms with Gasteiger partial charge in [-0.2, -0.15) is 4.37 Å². The summed E-state index contributed by atoms with van der Waals surface area (Å²) < 4.78 is 5.24. The normalized spacial score (nSPS) is 10.6. The molecule has 1 N–H and O–H groups in total. The van der Waals surface area contributed by atoms with Crippen LogP contribution in [0, 0.1) is 6.92 Å². The molecule has 0 spiro atoms. The van der Waals surface area contributed by atoms with E-state index in [-0.39, 0.29) is 5.91 Å². The highest BCUT2D eigenvalue weighted by Gasteiger charge is 2.06. The van der Waals surface area contributed by atoms with Crippen LogP contribution >= 0.6 is 11.5 Å². The molecule has 3 aromatic rings. The average molecular weight is 268 g/mol. The lowest BCUT2D eigenvalue weighted by Gasteiger charge is -2.05. The van der Waals surface area contributed by atoms with Crippen molar-refractivity contribution in [2.45, 2.75) is 6.92 Å². The van der Waals surface area contributed by atoms with Gasteiger partial charge in [0, 0.05) is 22.8 Å². The van der Waals surface area contributed by atoms with Crippen molar-refractivity contribution >= 4 is 33.2 Å². The Balaban J connectivity index is 1.83. The number of rotatable bonds is 2. The lowest BCUT2D eigenvalue weighted by molar-refractivity contribution is 0.102. The molecule has 19 heavy (non-hydrogen) atoms. The fourth-order valence-corrected chi connectivity index (χ4v) is 2.48. The van der Waals surface area contributed by atoms with Crippen LogP contribution in [0.1, 0.15) is 15.9 Å². The zero-order valence-electron chi connectivity index (χ0n) is 10.4. The zero-order chi connectivity index (χ0) is 13.2. The minimum atomic E-state index is -0.0949. The Morgan fingerprint density at radius 1 is 1.16 bits per heavy atom. The maximum atomic E-state index is 12.1. The molecule has 0 aliphatic heterocycles. The van der Waals surface area contributed by atoms with Gasteiger partial charge in [-0.3, -0.25) is 4.79 Å². The van der Waals surface area contributed by atoms with Crippen LogP contribution in [0.5, 0.6) is 0 Å². The number of hydrogen-bond acceptors (Lipinski definition) is 3. The van der Waals surface area contributed by atoms with E-state index in [2.05, 4.69) is 9.69 Å². The summed E-state index contributed by atoms with van der Waals surface area (Å²) in [6, 6.07) is 13.3. The van der Waals surface area contributed by atoms with Crippen LogP contribution in [0.2, 0.25) is 0 Å². The monoisotopic (exact) mass is 268 g/mol. The summed E-state index contributed by atoms with van der Waals surface area (Å²) >= 11 is 1.45. The molecule has 2 aromatic carbocycles. The first kappa shape index (κ1) is 11.9. The second kappa shape index (κ2) is 4.82.